The smallest absolute Gasteiger partial charge is 0.227 e. The van der Waals surface area contributed by atoms with Gasteiger partial charge >= 0.3 is 0 Å². The molecule has 138 valence electrons. The summed E-state index contributed by atoms with van der Waals surface area (Å²) in [6, 6.07) is 3.82. The minimum atomic E-state index is -3.33. The summed E-state index contributed by atoms with van der Waals surface area (Å²) >= 11 is 0. The zero-order valence-corrected chi connectivity index (χ0v) is 15.8. The lowest BCUT2D eigenvalue weighted by Gasteiger charge is -2.24. The molecule has 2 heterocycles. The van der Waals surface area contributed by atoms with Crippen molar-refractivity contribution in [1.29, 1.82) is 0 Å². The molecule has 0 aliphatic heterocycles. The number of rotatable bonds is 7. The molecular formula is C18H27N3O3S. The van der Waals surface area contributed by atoms with Crippen LogP contribution in [0.2, 0.25) is 0 Å². The lowest BCUT2D eigenvalue weighted by atomic mass is 9.89. The molecule has 25 heavy (non-hydrogen) atoms. The predicted octanol–water partition coefficient (Wildman–Crippen LogP) is 3.09. The van der Waals surface area contributed by atoms with E-state index in [1.165, 1.54) is 38.4 Å². The van der Waals surface area contributed by atoms with Crippen LogP contribution in [0.4, 0.5) is 0 Å². The molecule has 0 aromatic carbocycles. The highest BCUT2D eigenvalue weighted by Gasteiger charge is 2.23. The van der Waals surface area contributed by atoms with E-state index in [0.717, 1.165) is 18.0 Å². The van der Waals surface area contributed by atoms with Crippen molar-refractivity contribution in [3.63, 3.8) is 0 Å². The summed E-state index contributed by atoms with van der Waals surface area (Å²) in [5.74, 6) is 1.43. The van der Waals surface area contributed by atoms with Crippen LogP contribution >= 0.6 is 0 Å². The van der Waals surface area contributed by atoms with Gasteiger partial charge in [0, 0.05) is 19.3 Å². The van der Waals surface area contributed by atoms with Crippen LogP contribution in [0.15, 0.2) is 34.2 Å². The molecule has 2 aromatic heterocycles. The maximum absolute atomic E-state index is 12.1. The molecule has 2 aromatic rings. The first kappa shape index (κ1) is 18.2. The van der Waals surface area contributed by atoms with Gasteiger partial charge in [-0.1, -0.05) is 19.3 Å². The largest absolute Gasteiger partial charge is 0.468 e. The number of sulfone groups is 1. The van der Waals surface area contributed by atoms with Gasteiger partial charge in [0.05, 0.1) is 24.7 Å². The topological polar surface area (TPSA) is 68.3 Å². The standard InChI is InChI=1S/C18H27N3O3S/c1-20(14-17-9-6-10-24-17)13-16-11-19-18(25(2,22)23)21(16)12-15-7-4-3-5-8-15/h6,9-11,15H,3-5,7-8,12-14H2,1-2H3. The second kappa shape index (κ2) is 7.74. The van der Waals surface area contributed by atoms with Crippen molar-refractivity contribution >= 4 is 9.84 Å². The molecule has 0 saturated heterocycles. The number of imidazole rings is 1. The van der Waals surface area contributed by atoms with Crippen molar-refractivity contribution < 1.29 is 12.8 Å². The lowest BCUT2D eigenvalue weighted by Crippen LogP contribution is -2.23. The summed E-state index contributed by atoms with van der Waals surface area (Å²) in [6.07, 6.45) is 10.7. The molecule has 0 atom stereocenters. The third-order valence-corrected chi connectivity index (χ3v) is 5.83. The van der Waals surface area contributed by atoms with Gasteiger partial charge in [-0.2, -0.15) is 0 Å². The highest BCUT2D eigenvalue weighted by atomic mass is 32.2. The quantitative estimate of drug-likeness (QED) is 0.754. The van der Waals surface area contributed by atoms with Gasteiger partial charge in [-0.05, 0) is 37.9 Å². The molecule has 0 N–H and O–H groups in total. The van der Waals surface area contributed by atoms with Crippen molar-refractivity contribution in [3.8, 4) is 0 Å². The Balaban J connectivity index is 1.78. The molecule has 1 aliphatic carbocycles. The lowest BCUT2D eigenvalue weighted by molar-refractivity contribution is 0.267. The zero-order valence-electron chi connectivity index (χ0n) is 15.0. The van der Waals surface area contributed by atoms with Gasteiger partial charge in [-0.15, -0.1) is 0 Å². The van der Waals surface area contributed by atoms with Gasteiger partial charge in [-0.25, -0.2) is 13.4 Å². The molecule has 0 bridgehead atoms. The molecule has 3 rings (SSSR count). The van der Waals surface area contributed by atoms with E-state index in [9.17, 15) is 8.42 Å². The average molecular weight is 365 g/mol. The van der Waals surface area contributed by atoms with E-state index in [1.807, 2.05) is 23.7 Å². The van der Waals surface area contributed by atoms with Crippen molar-refractivity contribution in [3.05, 3.63) is 36.0 Å². The van der Waals surface area contributed by atoms with Crippen LogP contribution in [0.25, 0.3) is 0 Å². The monoisotopic (exact) mass is 365 g/mol. The SMILES string of the molecule is CN(Cc1ccco1)Cc1cnc(S(C)(=O)=O)n1CC1CCCCC1. The fourth-order valence-electron chi connectivity index (χ4n) is 3.64. The van der Waals surface area contributed by atoms with E-state index in [4.69, 9.17) is 4.42 Å². The molecular weight excluding hydrogens is 338 g/mol. The Morgan fingerprint density at radius 3 is 2.68 bits per heavy atom. The summed E-state index contributed by atoms with van der Waals surface area (Å²) in [7, 11) is -1.33. The van der Waals surface area contributed by atoms with E-state index < -0.39 is 9.84 Å². The summed E-state index contributed by atoms with van der Waals surface area (Å²) in [6.45, 7) is 2.05. The molecule has 1 fully saturated rings. The highest BCUT2D eigenvalue weighted by Crippen LogP contribution is 2.27. The van der Waals surface area contributed by atoms with Crippen LogP contribution in [0.1, 0.15) is 43.6 Å². The van der Waals surface area contributed by atoms with Gasteiger partial charge in [0.25, 0.3) is 0 Å². The number of nitrogens with zero attached hydrogens (tertiary/aromatic N) is 3. The first-order valence-corrected chi connectivity index (χ1v) is 10.8. The highest BCUT2D eigenvalue weighted by molar-refractivity contribution is 7.90. The van der Waals surface area contributed by atoms with Crippen molar-refractivity contribution in [1.82, 2.24) is 14.5 Å². The van der Waals surface area contributed by atoms with Crippen molar-refractivity contribution in [2.75, 3.05) is 13.3 Å². The summed E-state index contributed by atoms with van der Waals surface area (Å²) in [5, 5.41) is 0.194. The fraction of sp³-hybridized carbons (Fsp3) is 0.611. The minimum absolute atomic E-state index is 0.194. The van der Waals surface area contributed by atoms with Crippen molar-refractivity contribution in [2.24, 2.45) is 5.92 Å². The molecule has 0 amide bonds. The predicted molar refractivity (Wildman–Crippen MR) is 95.8 cm³/mol. The van der Waals surface area contributed by atoms with Gasteiger partial charge in [0.2, 0.25) is 15.0 Å². The third kappa shape index (κ3) is 4.73. The summed E-state index contributed by atoms with van der Waals surface area (Å²) in [4.78, 5) is 6.34. The average Bonchev–Trinajstić information content (AvgIpc) is 3.18. The Labute approximate surface area is 149 Å². The minimum Gasteiger partial charge on any atom is -0.468 e. The van der Waals surface area contributed by atoms with Crippen LogP contribution in [-0.4, -0.2) is 36.2 Å². The number of furan rings is 1. The Bertz CT molecular complexity index is 775. The first-order valence-electron chi connectivity index (χ1n) is 8.89. The van der Waals surface area contributed by atoms with E-state index in [0.29, 0.717) is 19.0 Å². The normalized spacial score (nSPS) is 16.6. The van der Waals surface area contributed by atoms with Gasteiger partial charge in [-0.3, -0.25) is 4.90 Å². The van der Waals surface area contributed by atoms with Crippen LogP contribution in [-0.2, 0) is 29.5 Å². The first-order chi connectivity index (χ1) is 11.9. The zero-order chi connectivity index (χ0) is 17.9. The Morgan fingerprint density at radius 1 is 1.28 bits per heavy atom. The maximum Gasteiger partial charge on any atom is 0.227 e. The Hall–Kier alpha value is -1.60. The summed E-state index contributed by atoms with van der Waals surface area (Å²) in [5.41, 5.74) is 0.944. The molecule has 6 nitrogen and oxygen atoms in total. The van der Waals surface area contributed by atoms with Gasteiger partial charge in [0.1, 0.15) is 5.76 Å². The Kier molecular flexibility index (Phi) is 5.64. The van der Waals surface area contributed by atoms with E-state index in [1.54, 1.807) is 12.5 Å². The van der Waals surface area contributed by atoms with Crippen LogP contribution in [0, 0.1) is 5.92 Å². The Morgan fingerprint density at radius 2 is 2.04 bits per heavy atom. The number of aromatic nitrogens is 2. The number of hydrogen-bond donors (Lipinski definition) is 0. The second-order valence-corrected chi connectivity index (χ2v) is 9.08. The van der Waals surface area contributed by atoms with E-state index in [2.05, 4.69) is 9.88 Å². The number of hydrogen-bond acceptors (Lipinski definition) is 5. The van der Waals surface area contributed by atoms with E-state index in [-0.39, 0.29) is 5.16 Å². The second-order valence-electron chi connectivity index (χ2n) is 7.17. The van der Waals surface area contributed by atoms with Crippen LogP contribution < -0.4 is 0 Å². The van der Waals surface area contributed by atoms with E-state index >= 15 is 0 Å². The molecule has 1 saturated carbocycles. The molecule has 0 unspecified atom stereocenters. The van der Waals surface area contributed by atoms with Crippen LogP contribution in [0.3, 0.4) is 0 Å². The van der Waals surface area contributed by atoms with Crippen LogP contribution in [0.5, 0.6) is 0 Å². The molecule has 1 aliphatic rings. The van der Waals surface area contributed by atoms with Gasteiger partial charge < -0.3 is 8.98 Å². The van der Waals surface area contributed by atoms with Gasteiger partial charge in [0.15, 0.2) is 0 Å². The fourth-order valence-corrected chi connectivity index (χ4v) is 4.47. The summed E-state index contributed by atoms with van der Waals surface area (Å²) < 4.78 is 31.6. The third-order valence-electron chi connectivity index (χ3n) is 4.84. The molecule has 0 radical (unpaired) electrons. The molecule has 7 heteroatoms. The van der Waals surface area contributed by atoms with Crippen molar-refractivity contribution in [2.45, 2.75) is 56.9 Å². The molecule has 0 spiro atoms. The maximum atomic E-state index is 12.1.